The van der Waals surface area contributed by atoms with Crippen molar-refractivity contribution < 1.29 is 17.6 Å². The third-order valence-corrected chi connectivity index (χ3v) is 4.55. The number of benzene rings is 1. The first-order valence-electron chi connectivity index (χ1n) is 7.59. The quantitative estimate of drug-likeness (QED) is 0.827. The molecule has 0 bridgehead atoms. The molecule has 1 unspecified atom stereocenters. The van der Waals surface area contributed by atoms with E-state index in [2.05, 4.69) is 10.3 Å². The van der Waals surface area contributed by atoms with Gasteiger partial charge in [-0.2, -0.15) is 13.2 Å². The number of halogens is 5. The topological polar surface area (TPSA) is 29.9 Å². The van der Waals surface area contributed by atoms with Crippen LogP contribution in [-0.4, -0.2) is 16.1 Å². The zero-order valence-corrected chi connectivity index (χ0v) is 13.7. The van der Waals surface area contributed by atoms with Gasteiger partial charge in [0.15, 0.2) is 5.15 Å². The number of nitrogens with one attached hydrogen (secondary N) is 1. The van der Waals surface area contributed by atoms with Gasteiger partial charge in [0, 0.05) is 13.1 Å². The average molecular weight is 362 g/mol. The minimum Gasteiger partial charge on any atom is -0.328 e. The second-order valence-corrected chi connectivity index (χ2v) is 6.20. The first-order chi connectivity index (χ1) is 11.3. The molecule has 3 rings (SSSR count). The van der Waals surface area contributed by atoms with Gasteiger partial charge in [0.05, 0.1) is 17.3 Å². The maximum Gasteiger partial charge on any atom is 0.419 e. The highest BCUT2D eigenvalue weighted by molar-refractivity contribution is 6.30. The molecular formula is C16H16ClF4N3. The van der Waals surface area contributed by atoms with Crippen LogP contribution in [0.5, 0.6) is 0 Å². The van der Waals surface area contributed by atoms with E-state index in [0.29, 0.717) is 23.6 Å². The minimum atomic E-state index is -4.68. The molecule has 1 aliphatic heterocycles. The molecule has 0 radical (unpaired) electrons. The van der Waals surface area contributed by atoms with Crippen LogP contribution in [0.4, 0.5) is 17.6 Å². The van der Waals surface area contributed by atoms with Crippen molar-refractivity contribution in [3.05, 3.63) is 51.8 Å². The lowest BCUT2D eigenvalue weighted by molar-refractivity contribution is -0.140. The van der Waals surface area contributed by atoms with Crippen LogP contribution >= 0.6 is 11.6 Å². The van der Waals surface area contributed by atoms with Crippen LogP contribution in [0, 0.1) is 12.7 Å². The molecule has 0 aliphatic carbocycles. The Bertz CT molecular complexity index is 755. The number of imidazole rings is 1. The number of hydrogen-bond donors (Lipinski definition) is 1. The Balaban J connectivity index is 1.75. The zero-order chi connectivity index (χ0) is 17.5. The van der Waals surface area contributed by atoms with Gasteiger partial charge in [0.2, 0.25) is 0 Å². The van der Waals surface area contributed by atoms with Gasteiger partial charge in [0.1, 0.15) is 11.6 Å². The maximum absolute atomic E-state index is 13.6. The monoisotopic (exact) mass is 361 g/mol. The highest BCUT2D eigenvalue weighted by Gasteiger charge is 2.34. The highest BCUT2D eigenvalue weighted by Crippen LogP contribution is 2.33. The summed E-state index contributed by atoms with van der Waals surface area (Å²) in [5.41, 5.74) is 0.165. The summed E-state index contributed by atoms with van der Waals surface area (Å²) in [6.45, 7) is 3.40. The van der Waals surface area contributed by atoms with Gasteiger partial charge in [-0.25, -0.2) is 9.37 Å². The van der Waals surface area contributed by atoms with Gasteiger partial charge in [-0.1, -0.05) is 17.7 Å². The van der Waals surface area contributed by atoms with Crippen molar-refractivity contribution in [3.63, 3.8) is 0 Å². The molecule has 1 aromatic carbocycles. The van der Waals surface area contributed by atoms with Crippen LogP contribution in [-0.2, 0) is 19.1 Å². The van der Waals surface area contributed by atoms with Crippen LogP contribution in [0.2, 0.25) is 5.15 Å². The van der Waals surface area contributed by atoms with Crippen LogP contribution in [0.1, 0.15) is 35.1 Å². The molecule has 2 aromatic rings. The van der Waals surface area contributed by atoms with E-state index in [1.54, 1.807) is 0 Å². The molecule has 130 valence electrons. The van der Waals surface area contributed by atoms with E-state index in [9.17, 15) is 17.6 Å². The molecule has 8 heteroatoms. The van der Waals surface area contributed by atoms with Crippen molar-refractivity contribution in [1.82, 2.24) is 14.9 Å². The second-order valence-electron chi connectivity index (χ2n) is 5.84. The summed E-state index contributed by atoms with van der Waals surface area (Å²) in [6.07, 6.45) is -3.64. The van der Waals surface area contributed by atoms with E-state index in [0.717, 1.165) is 36.7 Å². The van der Waals surface area contributed by atoms with Crippen molar-refractivity contribution in [2.75, 3.05) is 6.54 Å². The van der Waals surface area contributed by atoms with Gasteiger partial charge in [0.25, 0.3) is 0 Å². The lowest BCUT2D eigenvalue weighted by Crippen LogP contribution is -2.34. The van der Waals surface area contributed by atoms with Crippen LogP contribution in [0.25, 0.3) is 0 Å². The lowest BCUT2D eigenvalue weighted by Gasteiger charge is -2.26. The predicted octanol–water partition coefficient (Wildman–Crippen LogP) is 4.28. The van der Waals surface area contributed by atoms with Crippen LogP contribution in [0.15, 0.2) is 18.2 Å². The second kappa shape index (κ2) is 6.37. The fraction of sp³-hybridized carbons (Fsp3) is 0.438. The molecule has 1 aliphatic rings. The summed E-state index contributed by atoms with van der Waals surface area (Å²) in [5, 5.41) is 3.76. The Morgan fingerprint density at radius 1 is 1.38 bits per heavy atom. The summed E-state index contributed by atoms with van der Waals surface area (Å²) < 4.78 is 53.5. The number of nitrogens with zero attached hydrogens (tertiary/aromatic N) is 2. The van der Waals surface area contributed by atoms with E-state index in [1.165, 1.54) is 6.07 Å². The molecule has 0 saturated heterocycles. The smallest absolute Gasteiger partial charge is 0.328 e. The minimum absolute atomic E-state index is 0.0576. The van der Waals surface area contributed by atoms with Crippen molar-refractivity contribution in [2.24, 2.45) is 0 Å². The average Bonchev–Trinajstić information content (AvgIpc) is 2.79. The van der Waals surface area contributed by atoms with Crippen LogP contribution < -0.4 is 5.32 Å². The first-order valence-corrected chi connectivity index (χ1v) is 7.96. The number of alkyl halides is 3. The van der Waals surface area contributed by atoms with Crippen molar-refractivity contribution >= 4 is 11.6 Å². The Kier molecular flexibility index (Phi) is 4.57. The van der Waals surface area contributed by atoms with Gasteiger partial charge in [-0.3, -0.25) is 0 Å². The SMILES string of the molecule is Cc1nc(Cl)c2n1CCNC2CCc1ccc(C(F)(F)F)c(F)c1. The van der Waals surface area contributed by atoms with E-state index in [-0.39, 0.29) is 6.04 Å². The molecular weight excluding hydrogens is 346 g/mol. The Morgan fingerprint density at radius 3 is 2.79 bits per heavy atom. The van der Waals surface area contributed by atoms with E-state index in [1.807, 2.05) is 11.5 Å². The molecule has 0 spiro atoms. The molecule has 2 heterocycles. The van der Waals surface area contributed by atoms with Gasteiger partial charge in [-0.15, -0.1) is 0 Å². The number of fused-ring (bicyclic) bond motifs is 1. The normalized spacial score (nSPS) is 17.8. The Hall–Kier alpha value is -1.60. The van der Waals surface area contributed by atoms with E-state index >= 15 is 0 Å². The highest BCUT2D eigenvalue weighted by atomic mass is 35.5. The van der Waals surface area contributed by atoms with E-state index < -0.39 is 17.6 Å². The largest absolute Gasteiger partial charge is 0.419 e. The fourth-order valence-electron chi connectivity index (χ4n) is 3.10. The number of hydrogen-bond acceptors (Lipinski definition) is 2. The standard InChI is InChI=1S/C16H16ClF4N3/c1-9-23-15(17)14-13(22-6-7-24(9)14)5-3-10-2-4-11(12(18)8-10)16(19,20)21/h2,4,8,13,22H,3,5-7H2,1H3. The van der Waals surface area contributed by atoms with Crippen LogP contribution in [0.3, 0.4) is 0 Å². The third kappa shape index (κ3) is 3.28. The van der Waals surface area contributed by atoms with E-state index in [4.69, 9.17) is 11.6 Å². The summed E-state index contributed by atoms with van der Waals surface area (Å²) in [6, 6.07) is 3.01. The molecule has 24 heavy (non-hydrogen) atoms. The van der Waals surface area contributed by atoms with Gasteiger partial charge >= 0.3 is 6.18 Å². The Labute approximate surface area is 141 Å². The Morgan fingerprint density at radius 2 is 2.12 bits per heavy atom. The van der Waals surface area contributed by atoms with Crippen molar-refractivity contribution in [3.8, 4) is 0 Å². The number of aryl methyl sites for hydroxylation is 2. The summed E-state index contributed by atoms with van der Waals surface area (Å²) in [5.74, 6) is -0.405. The maximum atomic E-state index is 13.6. The molecule has 3 nitrogen and oxygen atoms in total. The van der Waals surface area contributed by atoms with Crippen molar-refractivity contribution in [2.45, 2.75) is 38.5 Å². The summed E-state index contributed by atoms with van der Waals surface area (Å²) in [4.78, 5) is 4.25. The molecule has 1 N–H and O–H groups in total. The summed E-state index contributed by atoms with van der Waals surface area (Å²) in [7, 11) is 0. The predicted molar refractivity (Wildman–Crippen MR) is 82.4 cm³/mol. The molecule has 1 aromatic heterocycles. The summed E-state index contributed by atoms with van der Waals surface area (Å²) >= 11 is 6.18. The van der Waals surface area contributed by atoms with Gasteiger partial charge < -0.3 is 9.88 Å². The van der Waals surface area contributed by atoms with Gasteiger partial charge in [-0.05, 0) is 37.5 Å². The zero-order valence-electron chi connectivity index (χ0n) is 12.9. The third-order valence-electron chi connectivity index (χ3n) is 4.27. The fourth-order valence-corrected chi connectivity index (χ4v) is 3.46. The number of aromatic nitrogens is 2. The molecule has 0 saturated carbocycles. The molecule has 0 amide bonds. The van der Waals surface area contributed by atoms with Crippen molar-refractivity contribution in [1.29, 1.82) is 0 Å². The molecule has 1 atom stereocenters. The number of rotatable bonds is 3. The first kappa shape index (κ1) is 17.2. The lowest BCUT2D eigenvalue weighted by atomic mass is 10.0. The molecule has 0 fully saturated rings.